The number of carbonyl (C=O) groups excluding carboxylic acids is 1. The number of hydrogen-bond donors (Lipinski definition) is 2. The molecule has 1 aliphatic rings. The number of aryl methyl sites for hydroxylation is 1. The molecule has 0 atom stereocenters. The highest BCUT2D eigenvalue weighted by Gasteiger charge is 2.28. The van der Waals surface area contributed by atoms with E-state index in [1.165, 1.54) is 12.4 Å². The number of carbonyl (C=O) groups is 1. The van der Waals surface area contributed by atoms with Gasteiger partial charge >= 0.3 is 0 Å². The maximum atomic E-state index is 12.6. The van der Waals surface area contributed by atoms with E-state index in [9.17, 15) is 13.2 Å². The average molecular weight is 404 g/mol. The minimum absolute atomic E-state index is 0.121. The number of amides is 1. The topological polar surface area (TPSA) is 118 Å². The van der Waals surface area contributed by atoms with E-state index in [4.69, 9.17) is 5.73 Å². The van der Waals surface area contributed by atoms with Gasteiger partial charge in [0, 0.05) is 32.0 Å². The zero-order chi connectivity index (χ0) is 20.0. The minimum Gasteiger partial charge on any atom is -0.368 e. The lowest BCUT2D eigenvalue weighted by Crippen LogP contribution is -2.42. The standard InChI is InChI=1S/C19H25N5O3S/c20-19-22-13-17(14-23-19)18(25)21-12-16-6-9-24(10-7-16)28(26,27)11-8-15-4-2-1-3-5-15/h1-5,13-14,16H,6-12H2,(H,21,25)(H2,20,22,23). The molecule has 0 aliphatic carbocycles. The Morgan fingerprint density at radius 1 is 1.14 bits per heavy atom. The number of rotatable bonds is 7. The Kier molecular flexibility index (Phi) is 6.58. The molecule has 0 bridgehead atoms. The first-order chi connectivity index (χ1) is 13.4. The smallest absolute Gasteiger partial charge is 0.254 e. The van der Waals surface area contributed by atoms with Crippen LogP contribution in [0.4, 0.5) is 5.95 Å². The Morgan fingerprint density at radius 3 is 2.43 bits per heavy atom. The molecule has 1 saturated heterocycles. The van der Waals surface area contributed by atoms with Crippen LogP contribution in [0.25, 0.3) is 0 Å². The molecular weight excluding hydrogens is 378 g/mol. The number of piperidine rings is 1. The van der Waals surface area contributed by atoms with Gasteiger partial charge in [0.2, 0.25) is 16.0 Å². The summed E-state index contributed by atoms with van der Waals surface area (Å²) in [5, 5.41) is 2.86. The van der Waals surface area contributed by atoms with Gasteiger partial charge in [-0.25, -0.2) is 22.7 Å². The molecule has 0 unspecified atom stereocenters. The summed E-state index contributed by atoms with van der Waals surface area (Å²) in [5.41, 5.74) is 6.79. The van der Waals surface area contributed by atoms with Crippen LogP contribution in [0.15, 0.2) is 42.7 Å². The number of anilines is 1. The Hall–Kier alpha value is -2.52. The van der Waals surface area contributed by atoms with Crippen molar-refractivity contribution < 1.29 is 13.2 Å². The number of aromatic nitrogens is 2. The largest absolute Gasteiger partial charge is 0.368 e. The van der Waals surface area contributed by atoms with Crippen molar-refractivity contribution in [1.29, 1.82) is 0 Å². The molecule has 1 aromatic carbocycles. The summed E-state index contributed by atoms with van der Waals surface area (Å²) in [6, 6.07) is 9.63. The van der Waals surface area contributed by atoms with Gasteiger partial charge in [-0.15, -0.1) is 0 Å². The fourth-order valence-corrected chi connectivity index (χ4v) is 4.73. The fourth-order valence-electron chi connectivity index (χ4n) is 3.21. The van der Waals surface area contributed by atoms with Crippen LogP contribution in [0.2, 0.25) is 0 Å². The predicted octanol–water partition coefficient (Wildman–Crippen LogP) is 1.07. The van der Waals surface area contributed by atoms with Crippen molar-refractivity contribution in [2.24, 2.45) is 5.92 Å². The quantitative estimate of drug-likeness (QED) is 0.714. The fraction of sp³-hybridized carbons (Fsp3) is 0.421. The average Bonchev–Trinajstić information content (AvgIpc) is 2.72. The molecule has 0 spiro atoms. The maximum absolute atomic E-state index is 12.6. The molecular formula is C19H25N5O3S. The molecule has 0 saturated carbocycles. The van der Waals surface area contributed by atoms with Crippen molar-refractivity contribution in [3.8, 4) is 0 Å². The number of nitrogens with two attached hydrogens (primary N) is 1. The number of nitrogen functional groups attached to an aromatic ring is 1. The van der Waals surface area contributed by atoms with Gasteiger partial charge in [0.25, 0.3) is 5.91 Å². The molecule has 150 valence electrons. The Balaban J connectivity index is 1.43. The van der Waals surface area contributed by atoms with Crippen LogP contribution in [0.1, 0.15) is 28.8 Å². The molecule has 3 rings (SSSR count). The number of nitrogens with zero attached hydrogens (tertiary/aromatic N) is 3. The second kappa shape index (κ2) is 9.11. The summed E-state index contributed by atoms with van der Waals surface area (Å²) in [6.07, 6.45) is 4.74. The highest BCUT2D eigenvalue weighted by Crippen LogP contribution is 2.20. The molecule has 1 aliphatic heterocycles. The summed E-state index contributed by atoms with van der Waals surface area (Å²) >= 11 is 0. The van der Waals surface area contributed by atoms with E-state index < -0.39 is 10.0 Å². The van der Waals surface area contributed by atoms with Crippen LogP contribution in [-0.4, -0.2) is 54.0 Å². The Morgan fingerprint density at radius 2 is 1.79 bits per heavy atom. The second-order valence-corrected chi connectivity index (χ2v) is 9.02. The summed E-state index contributed by atoms with van der Waals surface area (Å²) in [7, 11) is -3.27. The Labute approximate surface area is 165 Å². The van der Waals surface area contributed by atoms with Gasteiger partial charge in [-0.1, -0.05) is 30.3 Å². The number of benzene rings is 1. The summed E-state index contributed by atoms with van der Waals surface area (Å²) in [4.78, 5) is 19.7. The molecule has 1 fully saturated rings. The van der Waals surface area contributed by atoms with Gasteiger partial charge in [0.15, 0.2) is 0 Å². The van der Waals surface area contributed by atoms with Crippen molar-refractivity contribution in [3.63, 3.8) is 0 Å². The van der Waals surface area contributed by atoms with E-state index >= 15 is 0 Å². The molecule has 2 heterocycles. The van der Waals surface area contributed by atoms with Crippen LogP contribution in [-0.2, 0) is 16.4 Å². The molecule has 8 nitrogen and oxygen atoms in total. The Bertz CT molecular complexity index is 880. The van der Waals surface area contributed by atoms with Crippen molar-refractivity contribution in [1.82, 2.24) is 19.6 Å². The molecule has 0 radical (unpaired) electrons. The van der Waals surface area contributed by atoms with Crippen LogP contribution in [0.5, 0.6) is 0 Å². The maximum Gasteiger partial charge on any atom is 0.254 e. The SMILES string of the molecule is Nc1ncc(C(=O)NCC2CCN(S(=O)(=O)CCc3ccccc3)CC2)cn1. The van der Waals surface area contributed by atoms with E-state index in [-0.39, 0.29) is 23.5 Å². The summed E-state index contributed by atoms with van der Waals surface area (Å²) in [5.74, 6) is 0.241. The van der Waals surface area contributed by atoms with E-state index in [2.05, 4.69) is 15.3 Å². The number of hydrogen-bond acceptors (Lipinski definition) is 6. The number of sulfonamides is 1. The molecule has 2 aromatic rings. The lowest BCUT2D eigenvalue weighted by atomic mass is 9.98. The summed E-state index contributed by atoms with van der Waals surface area (Å²) < 4.78 is 26.7. The molecule has 1 amide bonds. The molecule has 28 heavy (non-hydrogen) atoms. The lowest BCUT2D eigenvalue weighted by Gasteiger charge is -2.31. The van der Waals surface area contributed by atoms with E-state index in [0.29, 0.717) is 31.6 Å². The van der Waals surface area contributed by atoms with Gasteiger partial charge in [-0.2, -0.15) is 0 Å². The van der Waals surface area contributed by atoms with Crippen LogP contribution < -0.4 is 11.1 Å². The third kappa shape index (κ3) is 5.49. The van der Waals surface area contributed by atoms with E-state index in [1.54, 1.807) is 4.31 Å². The first-order valence-corrected chi connectivity index (χ1v) is 10.9. The molecule has 3 N–H and O–H groups in total. The first kappa shape index (κ1) is 20.2. The first-order valence-electron chi connectivity index (χ1n) is 9.31. The molecule has 9 heteroatoms. The van der Waals surface area contributed by atoms with Crippen molar-refractivity contribution in [3.05, 3.63) is 53.9 Å². The van der Waals surface area contributed by atoms with Crippen LogP contribution in [0.3, 0.4) is 0 Å². The predicted molar refractivity (Wildman–Crippen MR) is 107 cm³/mol. The molecule has 1 aromatic heterocycles. The summed E-state index contributed by atoms with van der Waals surface area (Å²) in [6.45, 7) is 1.48. The third-order valence-electron chi connectivity index (χ3n) is 4.94. The highest BCUT2D eigenvalue weighted by atomic mass is 32.2. The van der Waals surface area contributed by atoms with Crippen molar-refractivity contribution in [2.45, 2.75) is 19.3 Å². The minimum atomic E-state index is -3.27. The van der Waals surface area contributed by atoms with Gasteiger partial charge in [-0.05, 0) is 30.7 Å². The van der Waals surface area contributed by atoms with Crippen LogP contribution >= 0.6 is 0 Å². The number of nitrogens with one attached hydrogen (secondary N) is 1. The lowest BCUT2D eigenvalue weighted by molar-refractivity contribution is 0.0941. The van der Waals surface area contributed by atoms with E-state index in [1.807, 2.05) is 30.3 Å². The van der Waals surface area contributed by atoms with Gasteiger partial charge in [0.1, 0.15) is 0 Å². The third-order valence-corrected chi connectivity index (χ3v) is 6.82. The highest BCUT2D eigenvalue weighted by molar-refractivity contribution is 7.89. The zero-order valence-electron chi connectivity index (χ0n) is 15.6. The van der Waals surface area contributed by atoms with Gasteiger partial charge in [0.05, 0.1) is 11.3 Å². The van der Waals surface area contributed by atoms with Crippen molar-refractivity contribution >= 4 is 21.9 Å². The van der Waals surface area contributed by atoms with Gasteiger partial charge in [-0.3, -0.25) is 4.79 Å². The normalized spacial score (nSPS) is 16.0. The van der Waals surface area contributed by atoms with E-state index in [0.717, 1.165) is 18.4 Å². The van der Waals surface area contributed by atoms with Crippen LogP contribution in [0, 0.1) is 5.92 Å². The second-order valence-electron chi connectivity index (χ2n) is 6.93. The zero-order valence-corrected chi connectivity index (χ0v) is 16.4. The van der Waals surface area contributed by atoms with Crippen molar-refractivity contribution in [2.75, 3.05) is 31.1 Å². The van der Waals surface area contributed by atoms with Gasteiger partial charge < -0.3 is 11.1 Å². The monoisotopic (exact) mass is 403 g/mol.